The molecule has 68 valence electrons. The Balaban J connectivity index is 3.20. The molecule has 4 heteroatoms. The lowest BCUT2D eigenvalue weighted by atomic mass is 10.1. The highest BCUT2D eigenvalue weighted by Gasteiger charge is 2.06. The lowest BCUT2D eigenvalue weighted by Crippen LogP contribution is -1.98. The second-order valence-electron chi connectivity index (χ2n) is 2.38. The predicted octanol–water partition coefficient (Wildman–Crippen LogP) is 1.74. The van der Waals surface area contributed by atoms with Crippen molar-refractivity contribution in [2.75, 3.05) is 7.11 Å². The highest BCUT2D eigenvalue weighted by atomic mass is 32.1. The van der Waals surface area contributed by atoms with Crippen LogP contribution in [0.25, 0.3) is 0 Å². The molecule has 0 aliphatic carbocycles. The van der Waals surface area contributed by atoms with E-state index >= 15 is 0 Å². The Morgan fingerprint density at radius 2 is 2.31 bits per heavy atom. The molecule has 0 radical (unpaired) electrons. The Morgan fingerprint density at radius 1 is 1.62 bits per heavy atom. The summed E-state index contributed by atoms with van der Waals surface area (Å²) in [5.41, 5.74) is 0.903. The number of carbonyl (C=O) groups is 1. The van der Waals surface area contributed by atoms with E-state index < -0.39 is 5.97 Å². The molecule has 0 saturated carbocycles. The largest absolute Gasteiger partial charge is 0.496 e. The highest BCUT2D eigenvalue weighted by molar-refractivity contribution is 7.79. The molecule has 1 aromatic rings. The van der Waals surface area contributed by atoms with Gasteiger partial charge < -0.3 is 9.84 Å². The average Bonchev–Trinajstić information content (AvgIpc) is 2.16. The number of carboxylic acid groups (broad SMARTS) is 1. The Kier molecular flexibility index (Phi) is 2.97. The molecule has 1 N–H and O–H groups in total. The molecule has 1 aromatic carbocycles. The number of thiocarbonyl (C=S) groups is 1. The first-order valence-electron chi connectivity index (χ1n) is 3.55. The number of ether oxygens (including phenoxy) is 1. The fourth-order valence-corrected chi connectivity index (χ4v) is 1.14. The van der Waals surface area contributed by atoms with Gasteiger partial charge in [-0.05, 0) is 18.2 Å². The van der Waals surface area contributed by atoms with Crippen molar-refractivity contribution in [3.05, 3.63) is 29.3 Å². The minimum atomic E-state index is -0.978. The topological polar surface area (TPSA) is 46.5 Å². The van der Waals surface area contributed by atoms with E-state index in [0.29, 0.717) is 11.3 Å². The molecule has 1 rings (SSSR count). The Morgan fingerprint density at radius 3 is 2.77 bits per heavy atom. The Hall–Kier alpha value is -1.42. The summed E-state index contributed by atoms with van der Waals surface area (Å²) in [6.45, 7) is 0. The lowest BCUT2D eigenvalue weighted by Gasteiger charge is -2.04. The Labute approximate surface area is 81.0 Å². The predicted molar refractivity (Wildman–Crippen MR) is 52.7 cm³/mol. The second-order valence-corrected chi connectivity index (χ2v) is 2.62. The van der Waals surface area contributed by atoms with E-state index in [0.717, 1.165) is 0 Å². The number of carboxylic acids is 1. The first-order valence-corrected chi connectivity index (χ1v) is 4.02. The summed E-state index contributed by atoms with van der Waals surface area (Å²) in [6.07, 6.45) is 0. The van der Waals surface area contributed by atoms with Gasteiger partial charge >= 0.3 is 5.97 Å². The van der Waals surface area contributed by atoms with Gasteiger partial charge in [-0.1, -0.05) is 12.2 Å². The van der Waals surface area contributed by atoms with Gasteiger partial charge in [0.15, 0.2) is 0 Å². The zero-order chi connectivity index (χ0) is 9.84. The van der Waals surface area contributed by atoms with Gasteiger partial charge in [-0.15, -0.1) is 0 Å². The maximum absolute atomic E-state index is 10.6. The lowest BCUT2D eigenvalue weighted by molar-refractivity contribution is 0.0696. The summed E-state index contributed by atoms with van der Waals surface area (Å²) < 4.78 is 4.97. The third-order valence-corrected chi connectivity index (χ3v) is 1.86. The van der Waals surface area contributed by atoms with Gasteiger partial charge in [0.1, 0.15) is 5.75 Å². The fourth-order valence-electron chi connectivity index (χ4n) is 0.942. The smallest absolute Gasteiger partial charge is 0.335 e. The van der Waals surface area contributed by atoms with Crippen molar-refractivity contribution < 1.29 is 14.6 Å². The summed E-state index contributed by atoms with van der Waals surface area (Å²) in [5, 5.41) is 10.1. The van der Waals surface area contributed by atoms with E-state index in [2.05, 4.69) is 0 Å². The van der Waals surface area contributed by atoms with E-state index in [1.54, 1.807) is 6.07 Å². The maximum Gasteiger partial charge on any atom is 0.335 e. The number of methoxy groups -OCH3 is 1. The third-order valence-electron chi connectivity index (χ3n) is 1.61. The van der Waals surface area contributed by atoms with Crippen molar-refractivity contribution in [2.24, 2.45) is 0 Å². The molecule has 0 spiro atoms. The van der Waals surface area contributed by atoms with E-state index in [1.165, 1.54) is 24.6 Å². The Bertz CT molecular complexity index is 347. The zero-order valence-corrected chi connectivity index (χ0v) is 7.80. The van der Waals surface area contributed by atoms with Crippen LogP contribution in [0.3, 0.4) is 0 Å². The van der Waals surface area contributed by atoms with Crippen molar-refractivity contribution in [1.29, 1.82) is 0 Å². The van der Waals surface area contributed by atoms with Gasteiger partial charge in [0.05, 0.1) is 12.7 Å². The minimum absolute atomic E-state index is 0.192. The van der Waals surface area contributed by atoms with Gasteiger partial charge in [0.2, 0.25) is 0 Å². The standard InChI is InChI=1S/C9H8O3S/c1-12-8-4-6(9(10)11)2-3-7(8)5-13/h2-5H,1H3,(H,10,11). The van der Waals surface area contributed by atoms with Crippen LogP contribution in [0.2, 0.25) is 0 Å². The first-order chi connectivity index (χ1) is 6.19. The van der Waals surface area contributed by atoms with Crippen LogP contribution < -0.4 is 4.74 Å². The van der Waals surface area contributed by atoms with Crippen LogP contribution in [0.4, 0.5) is 0 Å². The molecule has 0 aliphatic rings. The number of hydrogen-bond donors (Lipinski definition) is 1. The third kappa shape index (κ3) is 2.03. The summed E-state index contributed by atoms with van der Waals surface area (Å²) >= 11 is 4.73. The molecule has 13 heavy (non-hydrogen) atoms. The monoisotopic (exact) mass is 196 g/mol. The van der Waals surface area contributed by atoms with Crippen molar-refractivity contribution in [3.8, 4) is 5.75 Å². The van der Waals surface area contributed by atoms with E-state index in [4.69, 9.17) is 22.1 Å². The van der Waals surface area contributed by atoms with Crippen molar-refractivity contribution in [1.82, 2.24) is 0 Å². The number of aromatic carboxylic acids is 1. The van der Waals surface area contributed by atoms with Crippen molar-refractivity contribution in [2.45, 2.75) is 0 Å². The number of benzene rings is 1. The van der Waals surface area contributed by atoms with Gasteiger partial charge in [0.25, 0.3) is 0 Å². The maximum atomic E-state index is 10.6. The highest BCUT2D eigenvalue weighted by Crippen LogP contribution is 2.18. The van der Waals surface area contributed by atoms with Crippen molar-refractivity contribution >= 4 is 23.6 Å². The molecule has 0 atom stereocenters. The molecule has 0 aliphatic heterocycles. The van der Waals surface area contributed by atoms with Crippen LogP contribution >= 0.6 is 12.2 Å². The van der Waals surface area contributed by atoms with E-state index in [1.807, 2.05) is 0 Å². The molecular formula is C9H8O3S. The zero-order valence-electron chi connectivity index (χ0n) is 6.98. The number of hydrogen-bond acceptors (Lipinski definition) is 3. The van der Waals surface area contributed by atoms with Crippen LogP contribution in [0.1, 0.15) is 15.9 Å². The quantitative estimate of drug-likeness (QED) is 0.748. The summed E-state index contributed by atoms with van der Waals surface area (Å²) in [7, 11) is 1.48. The molecule has 0 fully saturated rings. The molecule has 3 nitrogen and oxygen atoms in total. The first kappa shape index (κ1) is 9.67. The van der Waals surface area contributed by atoms with Gasteiger partial charge in [0, 0.05) is 10.9 Å². The molecule has 0 amide bonds. The number of rotatable bonds is 3. The average molecular weight is 196 g/mol. The van der Waals surface area contributed by atoms with Gasteiger partial charge in [-0.2, -0.15) is 0 Å². The summed E-state index contributed by atoms with van der Waals surface area (Å²) in [6, 6.07) is 4.55. The van der Waals surface area contributed by atoms with Crippen LogP contribution in [0.5, 0.6) is 5.75 Å². The van der Waals surface area contributed by atoms with Crippen LogP contribution in [0, 0.1) is 0 Å². The molecule has 0 unspecified atom stereocenters. The summed E-state index contributed by atoms with van der Waals surface area (Å²) in [4.78, 5) is 10.6. The van der Waals surface area contributed by atoms with Gasteiger partial charge in [-0.3, -0.25) is 0 Å². The summed E-state index contributed by atoms with van der Waals surface area (Å²) in [5.74, 6) is -0.496. The molecule has 0 bridgehead atoms. The molecule has 0 saturated heterocycles. The van der Waals surface area contributed by atoms with Crippen molar-refractivity contribution in [3.63, 3.8) is 0 Å². The van der Waals surface area contributed by atoms with Crippen LogP contribution in [-0.4, -0.2) is 23.6 Å². The van der Waals surface area contributed by atoms with Gasteiger partial charge in [-0.25, -0.2) is 4.79 Å². The van der Waals surface area contributed by atoms with Crippen LogP contribution in [0.15, 0.2) is 18.2 Å². The normalized spacial score (nSPS) is 9.31. The molecule has 0 heterocycles. The molecule has 0 aromatic heterocycles. The SMILES string of the molecule is COc1cc(C(=O)O)ccc1C=S. The fraction of sp³-hybridized carbons (Fsp3) is 0.111. The van der Waals surface area contributed by atoms with E-state index in [9.17, 15) is 4.79 Å². The second kappa shape index (κ2) is 4.00. The molecular weight excluding hydrogens is 188 g/mol. The van der Waals surface area contributed by atoms with E-state index in [-0.39, 0.29) is 5.56 Å². The van der Waals surface area contributed by atoms with Crippen LogP contribution in [-0.2, 0) is 0 Å². The minimum Gasteiger partial charge on any atom is -0.496 e.